The van der Waals surface area contributed by atoms with Crippen LogP contribution >= 0.6 is 0 Å². The van der Waals surface area contributed by atoms with Crippen LogP contribution in [-0.4, -0.2) is 42.6 Å². The predicted octanol–water partition coefficient (Wildman–Crippen LogP) is 3.04. The zero-order valence-electron chi connectivity index (χ0n) is 14.3. The van der Waals surface area contributed by atoms with Gasteiger partial charge in [0, 0.05) is 38.6 Å². The van der Waals surface area contributed by atoms with E-state index in [-0.39, 0.29) is 5.91 Å². The number of amides is 2. The van der Waals surface area contributed by atoms with Crippen molar-refractivity contribution < 1.29 is 14.7 Å². The molecule has 1 heterocycles. The van der Waals surface area contributed by atoms with Crippen molar-refractivity contribution in [3.63, 3.8) is 0 Å². The van der Waals surface area contributed by atoms with Gasteiger partial charge < -0.3 is 20.2 Å². The fraction of sp³-hybridized carbons (Fsp3) is 0.263. The number of fused-ring (bicyclic) bond motifs is 1. The van der Waals surface area contributed by atoms with Gasteiger partial charge in [-0.2, -0.15) is 0 Å². The van der Waals surface area contributed by atoms with E-state index >= 15 is 0 Å². The molecule has 2 aromatic carbocycles. The van der Waals surface area contributed by atoms with Crippen molar-refractivity contribution in [3.8, 4) is 0 Å². The molecule has 1 aliphatic heterocycles. The molecule has 0 aromatic heterocycles. The minimum atomic E-state index is -0.900. The van der Waals surface area contributed by atoms with Crippen molar-refractivity contribution in [1.29, 1.82) is 0 Å². The van der Waals surface area contributed by atoms with Crippen molar-refractivity contribution in [2.45, 2.75) is 13.0 Å². The third-order valence-corrected chi connectivity index (χ3v) is 4.38. The van der Waals surface area contributed by atoms with E-state index in [2.05, 4.69) is 5.32 Å². The van der Waals surface area contributed by atoms with Crippen LogP contribution in [0.4, 0.5) is 16.2 Å². The molecule has 1 aliphatic rings. The molecule has 0 atom stereocenters. The van der Waals surface area contributed by atoms with E-state index in [1.165, 1.54) is 4.90 Å². The third-order valence-electron chi connectivity index (χ3n) is 4.38. The smallest absolute Gasteiger partial charge is 0.407 e. The summed E-state index contributed by atoms with van der Waals surface area (Å²) in [5.41, 5.74) is 4.26. The van der Waals surface area contributed by atoms with Crippen LogP contribution in [0.2, 0.25) is 0 Å². The second-order valence-electron chi connectivity index (χ2n) is 6.30. The lowest BCUT2D eigenvalue weighted by Gasteiger charge is -2.26. The van der Waals surface area contributed by atoms with E-state index in [0.29, 0.717) is 25.1 Å². The average molecular weight is 339 g/mol. The van der Waals surface area contributed by atoms with Crippen LogP contribution in [0, 0.1) is 0 Å². The van der Waals surface area contributed by atoms with Crippen LogP contribution in [0.5, 0.6) is 0 Å². The standard InChI is InChI=1S/C19H21N3O3/c1-21(2)17-6-4-3-5-16(17)18(23)20-15-8-7-14-12-22(19(24)25)10-9-13(14)11-15/h3-8,11H,9-10,12H2,1-2H3,(H,20,23)(H,24,25). The molecule has 25 heavy (non-hydrogen) atoms. The Hall–Kier alpha value is -3.02. The molecule has 6 heteroatoms. The summed E-state index contributed by atoms with van der Waals surface area (Å²) in [4.78, 5) is 27.0. The summed E-state index contributed by atoms with van der Waals surface area (Å²) in [5.74, 6) is -0.160. The largest absolute Gasteiger partial charge is 0.465 e. The zero-order valence-corrected chi connectivity index (χ0v) is 14.3. The van der Waals surface area contributed by atoms with Gasteiger partial charge in [0.05, 0.1) is 5.56 Å². The highest BCUT2D eigenvalue weighted by Gasteiger charge is 2.20. The van der Waals surface area contributed by atoms with Gasteiger partial charge in [-0.25, -0.2) is 4.79 Å². The summed E-state index contributed by atoms with van der Waals surface area (Å²) < 4.78 is 0. The Bertz CT molecular complexity index is 817. The van der Waals surface area contributed by atoms with Gasteiger partial charge in [0.15, 0.2) is 0 Å². The fourth-order valence-electron chi connectivity index (χ4n) is 3.05. The lowest BCUT2D eigenvalue weighted by molar-refractivity contribution is 0.102. The number of anilines is 2. The number of hydrogen-bond acceptors (Lipinski definition) is 3. The monoisotopic (exact) mass is 339 g/mol. The van der Waals surface area contributed by atoms with Crippen LogP contribution in [0.25, 0.3) is 0 Å². The molecule has 0 bridgehead atoms. The number of rotatable bonds is 3. The van der Waals surface area contributed by atoms with E-state index in [1.807, 2.05) is 55.4 Å². The van der Waals surface area contributed by atoms with Gasteiger partial charge in [-0.05, 0) is 41.8 Å². The molecule has 0 fully saturated rings. The Morgan fingerprint density at radius 1 is 1.12 bits per heavy atom. The van der Waals surface area contributed by atoms with E-state index in [9.17, 15) is 9.59 Å². The molecule has 2 amide bonds. The van der Waals surface area contributed by atoms with Crippen LogP contribution in [-0.2, 0) is 13.0 Å². The molecule has 130 valence electrons. The highest BCUT2D eigenvalue weighted by Crippen LogP contribution is 2.24. The summed E-state index contributed by atoms with van der Waals surface area (Å²) in [6.07, 6.45) is -0.247. The molecular weight excluding hydrogens is 318 g/mol. The van der Waals surface area contributed by atoms with Gasteiger partial charge in [0.1, 0.15) is 0 Å². The van der Waals surface area contributed by atoms with Gasteiger partial charge in [-0.15, -0.1) is 0 Å². The molecule has 0 radical (unpaired) electrons. The van der Waals surface area contributed by atoms with E-state index < -0.39 is 6.09 Å². The van der Waals surface area contributed by atoms with Crippen molar-refractivity contribution in [3.05, 3.63) is 59.2 Å². The van der Waals surface area contributed by atoms with Crippen LogP contribution in [0.1, 0.15) is 21.5 Å². The molecule has 6 nitrogen and oxygen atoms in total. The van der Waals surface area contributed by atoms with Crippen LogP contribution in [0.15, 0.2) is 42.5 Å². The van der Waals surface area contributed by atoms with Gasteiger partial charge in [-0.1, -0.05) is 18.2 Å². The van der Waals surface area contributed by atoms with Gasteiger partial charge >= 0.3 is 6.09 Å². The number of benzene rings is 2. The maximum Gasteiger partial charge on any atom is 0.407 e. The number of carbonyl (C=O) groups is 2. The topological polar surface area (TPSA) is 72.9 Å². The van der Waals surface area contributed by atoms with Crippen molar-refractivity contribution in [2.24, 2.45) is 0 Å². The van der Waals surface area contributed by atoms with E-state index in [4.69, 9.17) is 5.11 Å². The molecule has 3 rings (SSSR count). The zero-order chi connectivity index (χ0) is 18.0. The second kappa shape index (κ2) is 6.84. The Labute approximate surface area is 146 Å². The average Bonchev–Trinajstić information content (AvgIpc) is 2.61. The molecule has 2 N–H and O–H groups in total. The third kappa shape index (κ3) is 3.57. The molecule has 2 aromatic rings. The van der Waals surface area contributed by atoms with Crippen molar-refractivity contribution in [2.75, 3.05) is 30.9 Å². The first kappa shape index (κ1) is 16.8. The maximum absolute atomic E-state index is 12.6. The van der Waals surface area contributed by atoms with Crippen molar-refractivity contribution >= 4 is 23.4 Å². The molecule has 0 saturated heterocycles. The van der Waals surface area contributed by atoms with Gasteiger partial charge in [-0.3, -0.25) is 4.79 Å². The molecule has 0 saturated carbocycles. The fourth-order valence-corrected chi connectivity index (χ4v) is 3.05. The Balaban J connectivity index is 1.79. The summed E-state index contributed by atoms with van der Waals surface area (Å²) in [7, 11) is 3.80. The number of nitrogens with one attached hydrogen (secondary N) is 1. The highest BCUT2D eigenvalue weighted by molar-refractivity contribution is 6.08. The maximum atomic E-state index is 12.6. The first-order valence-electron chi connectivity index (χ1n) is 8.13. The minimum absolute atomic E-state index is 0.160. The van der Waals surface area contributed by atoms with Crippen LogP contribution in [0.3, 0.4) is 0 Å². The number of nitrogens with zero attached hydrogens (tertiary/aromatic N) is 2. The quantitative estimate of drug-likeness (QED) is 0.901. The number of carboxylic acid groups (broad SMARTS) is 1. The number of carbonyl (C=O) groups excluding carboxylic acids is 1. The highest BCUT2D eigenvalue weighted by atomic mass is 16.4. The lowest BCUT2D eigenvalue weighted by atomic mass is 9.99. The van der Waals surface area contributed by atoms with Crippen molar-refractivity contribution in [1.82, 2.24) is 4.90 Å². The number of hydrogen-bond donors (Lipinski definition) is 2. The molecular formula is C19H21N3O3. The van der Waals surface area contributed by atoms with Crippen LogP contribution < -0.4 is 10.2 Å². The Morgan fingerprint density at radius 3 is 2.60 bits per heavy atom. The molecule has 0 spiro atoms. The Kier molecular flexibility index (Phi) is 4.61. The second-order valence-corrected chi connectivity index (χ2v) is 6.30. The lowest BCUT2D eigenvalue weighted by Crippen LogP contribution is -2.34. The first-order chi connectivity index (χ1) is 12.0. The van der Waals surface area contributed by atoms with E-state index in [1.54, 1.807) is 6.07 Å². The predicted molar refractivity (Wildman–Crippen MR) is 97.3 cm³/mol. The molecule has 0 unspecified atom stereocenters. The normalized spacial score (nSPS) is 13.1. The first-order valence-corrected chi connectivity index (χ1v) is 8.13. The Morgan fingerprint density at radius 2 is 1.88 bits per heavy atom. The SMILES string of the molecule is CN(C)c1ccccc1C(=O)Nc1ccc2c(c1)CCN(C(=O)O)C2. The minimum Gasteiger partial charge on any atom is -0.465 e. The summed E-state index contributed by atoms with van der Waals surface area (Å²) >= 11 is 0. The summed E-state index contributed by atoms with van der Waals surface area (Å²) in [6, 6.07) is 13.1. The summed E-state index contributed by atoms with van der Waals surface area (Å²) in [6.45, 7) is 0.867. The van der Waals surface area contributed by atoms with Gasteiger partial charge in [0.2, 0.25) is 0 Å². The van der Waals surface area contributed by atoms with E-state index in [0.717, 1.165) is 22.5 Å². The van der Waals surface area contributed by atoms with Gasteiger partial charge in [0.25, 0.3) is 5.91 Å². The summed E-state index contributed by atoms with van der Waals surface area (Å²) in [5, 5.41) is 12.0. The number of para-hydroxylation sites is 1. The molecule has 0 aliphatic carbocycles.